The van der Waals surface area contributed by atoms with Crippen LogP contribution in [0.5, 0.6) is 0 Å². The second kappa shape index (κ2) is 5.21. The lowest BCUT2D eigenvalue weighted by Crippen LogP contribution is -1.95. The van der Waals surface area contributed by atoms with Gasteiger partial charge in [0.1, 0.15) is 0 Å². The van der Waals surface area contributed by atoms with E-state index in [9.17, 15) is 4.79 Å². The van der Waals surface area contributed by atoms with Crippen LogP contribution >= 0.6 is 0 Å². The predicted molar refractivity (Wildman–Crippen MR) is 57.1 cm³/mol. The van der Waals surface area contributed by atoms with Crippen LogP contribution in [-0.4, -0.2) is 12.8 Å². The van der Waals surface area contributed by atoms with Crippen LogP contribution in [0, 0.1) is 18.8 Å². The number of aldehydes is 1. The van der Waals surface area contributed by atoms with Crippen molar-refractivity contribution in [3.8, 4) is 11.8 Å². The summed E-state index contributed by atoms with van der Waals surface area (Å²) in [5.41, 5.74) is 7.85. The predicted octanol–water partition coefficient (Wildman–Crippen LogP) is 1.51. The summed E-state index contributed by atoms with van der Waals surface area (Å²) in [5, 5.41) is 0. The minimum atomic E-state index is 0.551. The van der Waals surface area contributed by atoms with Crippen molar-refractivity contribution in [3.63, 3.8) is 0 Å². The summed E-state index contributed by atoms with van der Waals surface area (Å²) in [5.74, 6) is 5.86. The monoisotopic (exact) mass is 187 g/mol. The second-order valence-electron chi connectivity index (χ2n) is 3.05. The van der Waals surface area contributed by atoms with E-state index in [-0.39, 0.29) is 0 Å². The average Bonchev–Trinajstić information content (AvgIpc) is 2.19. The van der Waals surface area contributed by atoms with Gasteiger partial charge in [0.05, 0.1) is 0 Å². The van der Waals surface area contributed by atoms with Gasteiger partial charge in [-0.2, -0.15) is 0 Å². The summed E-state index contributed by atoms with van der Waals surface area (Å²) in [7, 11) is 0. The van der Waals surface area contributed by atoms with E-state index in [0.717, 1.165) is 17.4 Å². The highest BCUT2D eigenvalue weighted by Crippen LogP contribution is 2.08. The van der Waals surface area contributed by atoms with E-state index < -0.39 is 0 Å². The number of nitrogens with two attached hydrogens (primary N) is 1. The van der Waals surface area contributed by atoms with Gasteiger partial charge in [-0.25, -0.2) is 0 Å². The number of rotatable bonds is 2. The van der Waals surface area contributed by atoms with Crippen molar-refractivity contribution >= 4 is 6.29 Å². The molecule has 2 N–H and O–H groups in total. The van der Waals surface area contributed by atoms with Crippen molar-refractivity contribution in [1.29, 1.82) is 0 Å². The van der Waals surface area contributed by atoms with E-state index in [1.807, 2.05) is 19.1 Å². The number of carbonyl (C=O) groups excluding carboxylic acids is 1. The molecule has 1 rings (SSSR count). The molecule has 0 unspecified atom stereocenters. The van der Waals surface area contributed by atoms with E-state index >= 15 is 0 Å². The van der Waals surface area contributed by atoms with Crippen LogP contribution in [0.1, 0.15) is 27.9 Å². The molecule has 0 aliphatic heterocycles. The maximum atomic E-state index is 10.7. The van der Waals surface area contributed by atoms with Gasteiger partial charge in [-0.15, -0.1) is 0 Å². The highest BCUT2D eigenvalue weighted by atomic mass is 16.1. The minimum absolute atomic E-state index is 0.551. The summed E-state index contributed by atoms with van der Waals surface area (Å²) in [6, 6.07) is 5.60. The highest BCUT2D eigenvalue weighted by Gasteiger charge is 1.97. The summed E-state index contributed by atoms with van der Waals surface area (Å²) in [6.45, 7) is 2.53. The van der Waals surface area contributed by atoms with Crippen LogP contribution in [0.3, 0.4) is 0 Å². The molecule has 1 aromatic carbocycles. The Morgan fingerprint density at radius 1 is 1.50 bits per heavy atom. The molecule has 0 aromatic heterocycles. The van der Waals surface area contributed by atoms with Gasteiger partial charge in [-0.3, -0.25) is 4.79 Å². The average molecular weight is 187 g/mol. The lowest BCUT2D eigenvalue weighted by atomic mass is 10.1. The summed E-state index contributed by atoms with van der Waals surface area (Å²) < 4.78 is 0. The molecule has 0 atom stereocenters. The topological polar surface area (TPSA) is 43.1 Å². The molecule has 0 aliphatic rings. The number of carbonyl (C=O) groups is 1. The third-order valence-electron chi connectivity index (χ3n) is 1.83. The van der Waals surface area contributed by atoms with Gasteiger partial charge in [0.15, 0.2) is 6.29 Å². The molecule has 1 aromatic rings. The Kier molecular flexibility index (Phi) is 3.90. The lowest BCUT2D eigenvalue weighted by Gasteiger charge is -1.97. The van der Waals surface area contributed by atoms with Crippen LogP contribution in [0.25, 0.3) is 0 Å². The molecule has 0 saturated carbocycles. The maximum Gasteiger partial charge on any atom is 0.151 e. The first-order valence-electron chi connectivity index (χ1n) is 4.52. The van der Waals surface area contributed by atoms with Crippen molar-refractivity contribution in [2.75, 3.05) is 6.54 Å². The molecule has 0 saturated heterocycles. The number of benzene rings is 1. The molecule has 0 fully saturated rings. The Bertz CT molecular complexity index is 385. The summed E-state index contributed by atoms with van der Waals surface area (Å²) in [4.78, 5) is 10.7. The van der Waals surface area contributed by atoms with Crippen molar-refractivity contribution in [3.05, 3.63) is 34.9 Å². The van der Waals surface area contributed by atoms with Gasteiger partial charge in [0, 0.05) is 24.1 Å². The minimum Gasteiger partial charge on any atom is -0.330 e. The quantitative estimate of drug-likeness (QED) is 0.563. The zero-order valence-corrected chi connectivity index (χ0v) is 8.21. The Balaban J connectivity index is 3.00. The molecular formula is C12H13NO. The van der Waals surface area contributed by atoms with E-state index in [2.05, 4.69) is 11.8 Å². The molecular weight excluding hydrogens is 174 g/mol. The third-order valence-corrected chi connectivity index (χ3v) is 1.83. The summed E-state index contributed by atoms with van der Waals surface area (Å²) in [6.07, 6.45) is 1.48. The molecule has 2 nitrogen and oxygen atoms in total. The molecule has 0 radical (unpaired) electrons. The van der Waals surface area contributed by atoms with E-state index in [1.54, 1.807) is 6.07 Å². The fourth-order valence-corrected chi connectivity index (χ4v) is 1.11. The zero-order valence-electron chi connectivity index (χ0n) is 8.21. The Hall–Kier alpha value is -1.59. The first-order chi connectivity index (χ1) is 6.77. The van der Waals surface area contributed by atoms with Gasteiger partial charge in [0.25, 0.3) is 0 Å². The Labute approximate surface area is 84.1 Å². The van der Waals surface area contributed by atoms with Gasteiger partial charge < -0.3 is 5.73 Å². The fraction of sp³-hybridized carbons (Fsp3) is 0.250. The van der Waals surface area contributed by atoms with Crippen LogP contribution in [0.15, 0.2) is 18.2 Å². The van der Waals surface area contributed by atoms with E-state index in [1.165, 1.54) is 0 Å². The van der Waals surface area contributed by atoms with Crippen LogP contribution in [-0.2, 0) is 0 Å². The van der Waals surface area contributed by atoms with Crippen molar-refractivity contribution in [1.82, 2.24) is 0 Å². The molecule has 0 bridgehead atoms. The van der Waals surface area contributed by atoms with Crippen molar-refractivity contribution in [2.45, 2.75) is 13.3 Å². The van der Waals surface area contributed by atoms with E-state index in [0.29, 0.717) is 18.5 Å². The van der Waals surface area contributed by atoms with Crippen molar-refractivity contribution in [2.24, 2.45) is 5.73 Å². The first kappa shape index (κ1) is 10.5. The van der Waals surface area contributed by atoms with Crippen LogP contribution in [0.4, 0.5) is 0 Å². The normalized spacial score (nSPS) is 9.00. The van der Waals surface area contributed by atoms with Gasteiger partial charge in [-0.1, -0.05) is 24.0 Å². The van der Waals surface area contributed by atoms with Gasteiger partial charge in [0.2, 0.25) is 0 Å². The molecule has 0 spiro atoms. The number of hydrogen-bond acceptors (Lipinski definition) is 2. The summed E-state index contributed by atoms with van der Waals surface area (Å²) >= 11 is 0. The van der Waals surface area contributed by atoms with Crippen molar-refractivity contribution < 1.29 is 4.79 Å². The molecule has 0 heterocycles. The highest BCUT2D eigenvalue weighted by molar-refractivity contribution is 5.79. The standard InChI is InChI=1S/C12H13NO/c1-10-5-6-12(9-14)11(8-10)4-2-3-7-13/h5-6,8-9H,3,7,13H2,1H3. The molecule has 2 heteroatoms. The Morgan fingerprint density at radius 2 is 2.29 bits per heavy atom. The van der Waals surface area contributed by atoms with Gasteiger partial charge in [-0.05, 0) is 18.6 Å². The van der Waals surface area contributed by atoms with Crippen LogP contribution < -0.4 is 5.73 Å². The molecule has 72 valence electrons. The fourth-order valence-electron chi connectivity index (χ4n) is 1.11. The molecule has 14 heavy (non-hydrogen) atoms. The lowest BCUT2D eigenvalue weighted by molar-refractivity contribution is 0.112. The largest absolute Gasteiger partial charge is 0.330 e. The Morgan fingerprint density at radius 3 is 2.93 bits per heavy atom. The first-order valence-corrected chi connectivity index (χ1v) is 4.52. The molecule has 0 amide bonds. The third kappa shape index (κ3) is 2.72. The van der Waals surface area contributed by atoms with Crippen LogP contribution in [0.2, 0.25) is 0 Å². The smallest absolute Gasteiger partial charge is 0.151 e. The van der Waals surface area contributed by atoms with E-state index in [4.69, 9.17) is 5.73 Å². The number of hydrogen-bond donors (Lipinski definition) is 1. The number of aryl methyl sites for hydroxylation is 1. The maximum absolute atomic E-state index is 10.7. The second-order valence-corrected chi connectivity index (χ2v) is 3.05. The van der Waals surface area contributed by atoms with Gasteiger partial charge >= 0.3 is 0 Å². The molecule has 0 aliphatic carbocycles. The SMILES string of the molecule is Cc1ccc(C=O)c(C#CCCN)c1. The zero-order chi connectivity index (χ0) is 10.4.